The maximum Gasteiger partial charge on any atom is 0.195 e. The molecule has 4 rings (SSSR count). The van der Waals surface area contributed by atoms with E-state index in [1.165, 1.54) is 5.56 Å². The number of hydrogen-bond donors (Lipinski definition) is 0. The van der Waals surface area contributed by atoms with Crippen LogP contribution in [0.3, 0.4) is 0 Å². The van der Waals surface area contributed by atoms with Gasteiger partial charge in [-0.1, -0.05) is 29.8 Å². The Balaban J connectivity index is 1.96. The lowest BCUT2D eigenvalue weighted by Gasteiger charge is -2.07. The molecule has 0 atom stereocenters. The summed E-state index contributed by atoms with van der Waals surface area (Å²) in [6, 6.07) is 14.2. The van der Waals surface area contributed by atoms with Crippen molar-refractivity contribution in [2.24, 2.45) is 0 Å². The maximum atomic E-state index is 12.0. The molecule has 2 aromatic carbocycles. The molecule has 0 bridgehead atoms. The van der Waals surface area contributed by atoms with Gasteiger partial charge in [-0.05, 0) is 50.1 Å². The first-order valence-electron chi connectivity index (χ1n) is 8.72. The molecule has 27 heavy (non-hydrogen) atoms. The second-order valence-electron chi connectivity index (χ2n) is 6.64. The molecule has 4 nitrogen and oxygen atoms in total. The molecule has 0 saturated heterocycles. The number of carbonyl (C=O) groups excluding carboxylic acids is 1. The number of aldehydes is 1. The predicted octanol–water partition coefficient (Wildman–Crippen LogP) is 5.48. The first-order valence-corrected chi connectivity index (χ1v) is 9.54. The standard InChI is InChI=1S/C22H20N2O2S/c1-13-5-7-16(8-6-13)21-15(3)27-22-23-20(18(12-25)24(21)22)17-9-10-19(26-4)14(2)11-17/h5-12H,1-4H3. The topological polar surface area (TPSA) is 43.6 Å². The SMILES string of the molecule is COc1ccc(-c2nc3sc(C)c(-c4ccc(C)cc4)n3c2C=O)cc1C. The molecule has 0 spiro atoms. The van der Waals surface area contributed by atoms with Crippen molar-refractivity contribution < 1.29 is 9.53 Å². The van der Waals surface area contributed by atoms with Crippen molar-refractivity contribution in [2.75, 3.05) is 7.11 Å². The van der Waals surface area contributed by atoms with E-state index >= 15 is 0 Å². The number of benzene rings is 2. The van der Waals surface area contributed by atoms with Gasteiger partial charge in [0.25, 0.3) is 0 Å². The number of rotatable bonds is 4. The Morgan fingerprint density at radius 2 is 1.74 bits per heavy atom. The van der Waals surface area contributed by atoms with Crippen molar-refractivity contribution in [1.82, 2.24) is 9.38 Å². The normalized spacial score (nSPS) is 11.1. The van der Waals surface area contributed by atoms with Crippen LogP contribution in [0.4, 0.5) is 0 Å². The quantitative estimate of drug-likeness (QED) is 0.443. The van der Waals surface area contributed by atoms with E-state index in [2.05, 4.69) is 38.1 Å². The highest BCUT2D eigenvalue weighted by molar-refractivity contribution is 7.17. The minimum absolute atomic E-state index is 0.578. The summed E-state index contributed by atoms with van der Waals surface area (Å²) in [6.45, 7) is 6.13. The second kappa shape index (κ2) is 6.67. The molecule has 0 aliphatic heterocycles. The highest BCUT2D eigenvalue weighted by atomic mass is 32.1. The van der Waals surface area contributed by atoms with E-state index in [0.717, 1.165) is 44.3 Å². The molecule has 136 valence electrons. The number of hydrogen-bond acceptors (Lipinski definition) is 4. The van der Waals surface area contributed by atoms with Crippen molar-refractivity contribution in [3.8, 4) is 28.3 Å². The van der Waals surface area contributed by atoms with Crippen LogP contribution in [0, 0.1) is 20.8 Å². The van der Waals surface area contributed by atoms with Crippen LogP contribution in [-0.2, 0) is 0 Å². The van der Waals surface area contributed by atoms with Crippen molar-refractivity contribution in [3.63, 3.8) is 0 Å². The van der Waals surface area contributed by atoms with Crippen LogP contribution in [0.15, 0.2) is 42.5 Å². The number of methoxy groups -OCH3 is 1. The second-order valence-corrected chi connectivity index (χ2v) is 7.82. The van der Waals surface area contributed by atoms with Crippen LogP contribution in [-0.4, -0.2) is 22.8 Å². The number of ether oxygens (including phenoxy) is 1. The summed E-state index contributed by atoms with van der Waals surface area (Å²) in [5.41, 5.74) is 6.53. The first kappa shape index (κ1) is 17.5. The van der Waals surface area contributed by atoms with Gasteiger partial charge in [0.1, 0.15) is 17.1 Å². The lowest BCUT2D eigenvalue weighted by molar-refractivity contribution is 0.111. The zero-order chi connectivity index (χ0) is 19.1. The van der Waals surface area contributed by atoms with E-state index in [9.17, 15) is 4.79 Å². The van der Waals surface area contributed by atoms with E-state index < -0.39 is 0 Å². The molecule has 0 aliphatic carbocycles. The summed E-state index contributed by atoms with van der Waals surface area (Å²) in [4.78, 5) is 18.8. The Labute approximate surface area is 162 Å². The molecule has 2 aromatic heterocycles. The van der Waals surface area contributed by atoms with Crippen LogP contribution in [0.5, 0.6) is 5.75 Å². The number of fused-ring (bicyclic) bond motifs is 1. The van der Waals surface area contributed by atoms with E-state index in [4.69, 9.17) is 9.72 Å². The van der Waals surface area contributed by atoms with Crippen molar-refractivity contribution in [3.05, 3.63) is 64.2 Å². The molecular formula is C22H20N2O2S. The van der Waals surface area contributed by atoms with Crippen LogP contribution in [0.1, 0.15) is 26.5 Å². The van der Waals surface area contributed by atoms with Gasteiger partial charge in [-0.15, -0.1) is 11.3 Å². The zero-order valence-electron chi connectivity index (χ0n) is 15.7. The third kappa shape index (κ3) is 2.84. The lowest BCUT2D eigenvalue weighted by Crippen LogP contribution is -1.96. The summed E-state index contributed by atoms with van der Waals surface area (Å²) in [5, 5.41) is 0. The van der Waals surface area contributed by atoms with Crippen molar-refractivity contribution >= 4 is 22.6 Å². The van der Waals surface area contributed by atoms with Gasteiger partial charge in [-0.3, -0.25) is 9.20 Å². The Kier molecular flexibility index (Phi) is 4.32. The summed E-state index contributed by atoms with van der Waals surface area (Å²) in [6.07, 6.45) is 0.902. The monoisotopic (exact) mass is 376 g/mol. The van der Waals surface area contributed by atoms with Crippen LogP contribution >= 0.6 is 11.3 Å². The van der Waals surface area contributed by atoms with Gasteiger partial charge in [0.15, 0.2) is 11.2 Å². The maximum absolute atomic E-state index is 12.0. The fourth-order valence-corrected chi connectivity index (χ4v) is 4.43. The number of carbonyl (C=O) groups is 1. The lowest BCUT2D eigenvalue weighted by atomic mass is 10.1. The molecule has 0 N–H and O–H groups in total. The molecule has 4 aromatic rings. The largest absolute Gasteiger partial charge is 0.496 e. The fourth-order valence-electron chi connectivity index (χ4n) is 3.43. The van der Waals surface area contributed by atoms with E-state index in [-0.39, 0.29) is 0 Å². The van der Waals surface area contributed by atoms with Gasteiger partial charge in [0, 0.05) is 10.4 Å². The van der Waals surface area contributed by atoms with Gasteiger partial charge in [-0.25, -0.2) is 4.98 Å². The first-order chi connectivity index (χ1) is 13.0. The van der Waals surface area contributed by atoms with Crippen LogP contribution < -0.4 is 4.74 Å². The minimum atomic E-state index is 0.578. The van der Waals surface area contributed by atoms with E-state index in [1.807, 2.05) is 29.5 Å². The van der Waals surface area contributed by atoms with Gasteiger partial charge in [0.05, 0.1) is 12.8 Å². The third-order valence-electron chi connectivity index (χ3n) is 4.79. The average molecular weight is 376 g/mol. The summed E-state index contributed by atoms with van der Waals surface area (Å²) >= 11 is 1.60. The van der Waals surface area contributed by atoms with Crippen LogP contribution in [0.2, 0.25) is 0 Å². The summed E-state index contributed by atoms with van der Waals surface area (Å²) in [7, 11) is 1.65. The minimum Gasteiger partial charge on any atom is -0.496 e. The fraction of sp³-hybridized carbons (Fsp3) is 0.182. The number of imidazole rings is 1. The van der Waals surface area contributed by atoms with Crippen molar-refractivity contribution in [2.45, 2.75) is 20.8 Å². The molecule has 5 heteroatoms. The van der Waals surface area contributed by atoms with Gasteiger partial charge < -0.3 is 4.74 Å². The highest BCUT2D eigenvalue weighted by Gasteiger charge is 2.21. The van der Waals surface area contributed by atoms with Gasteiger partial charge >= 0.3 is 0 Å². The Bertz CT molecular complexity index is 1150. The highest BCUT2D eigenvalue weighted by Crippen LogP contribution is 2.36. The van der Waals surface area contributed by atoms with Crippen LogP contribution in [0.25, 0.3) is 27.5 Å². The number of aromatic nitrogens is 2. The molecule has 0 unspecified atom stereocenters. The number of thiazole rings is 1. The van der Waals surface area contributed by atoms with E-state index in [1.54, 1.807) is 18.4 Å². The predicted molar refractivity (Wildman–Crippen MR) is 110 cm³/mol. The Morgan fingerprint density at radius 1 is 1.04 bits per heavy atom. The molecule has 0 aliphatic rings. The molecular weight excluding hydrogens is 356 g/mol. The summed E-state index contributed by atoms with van der Waals surface area (Å²) in [5.74, 6) is 0.823. The summed E-state index contributed by atoms with van der Waals surface area (Å²) < 4.78 is 7.32. The van der Waals surface area contributed by atoms with Gasteiger partial charge in [-0.2, -0.15) is 0 Å². The molecule has 0 amide bonds. The Hall–Kier alpha value is -2.92. The number of nitrogens with zero attached hydrogens (tertiary/aromatic N) is 2. The molecule has 2 heterocycles. The zero-order valence-corrected chi connectivity index (χ0v) is 16.6. The smallest absolute Gasteiger partial charge is 0.195 e. The molecule has 0 radical (unpaired) electrons. The molecule has 0 saturated carbocycles. The number of aryl methyl sites for hydroxylation is 3. The third-order valence-corrected chi connectivity index (χ3v) is 5.74. The average Bonchev–Trinajstić information content (AvgIpc) is 3.16. The van der Waals surface area contributed by atoms with Crippen molar-refractivity contribution in [1.29, 1.82) is 0 Å². The Morgan fingerprint density at radius 3 is 2.37 bits per heavy atom. The van der Waals surface area contributed by atoms with E-state index in [0.29, 0.717) is 11.4 Å². The van der Waals surface area contributed by atoms with Gasteiger partial charge in [0.2, 0.25) is 0 Å². The molecule has 0 fully saturated rings.